The Hall–Kier alpha value is -0.470. The summed E-state index contributed by atoms with van der Waals surface area (Å²) in [6.45, 7) is 3.71. The molecule has 0 aromatic carbocycles. The van der Waals surface area contributed by atoms with E-state index >= 15 is 0 Å². The first-order chi connectivity index (χ1) is 8.95. The van der Waals surface area contributed by atoms with Gasteiger partial charge in [0.1, 0.15) is 4.21 Å². The summed E-state index contributed by atoms with van der Waals surface area (Å²) in [4.78, 5) is 0. The summed E-state index contributed by atoms with van der Waals surface area (Å²) in [5, 5.41) is 4.87. The third-order valence-electron chi connectivity index (χ3n) is 3.09. The average Bonchev–Trinajstić information content (AvgIpc) is 2.78. The van der Waals surface area contributed by atoms with E-state index in [1.54, 1.807) is 6.07 Å². The van der Waals surface area contributed by atoms with Crippen LogP contribution in [-0.2, 0) is 21.3 Å². The maximum atomic E-state index is 12.3. The SMILES string of the molecule is CNCc1csc(S(=O)(=O)NC2(C)CCCOC2)c1. The lowest BCUT2D eigenvalue weighted by Gasteiger charge is -2.33. The molecule has 2 N–H and O–H groups in total. The maximum absolute atomic E-state index is 12.3. The molecule has 1 fully saturated rings. The Morgan fingerprint density at radius 2 is 2.32 bits per heavy atom. The Morgan fingerprint density at radius 3 is 2.95 bits per heavy atom. The first-order valence-corrected chi connectivity index (χ1v) is 8.65. The molecule has 1 aromatic heterocycles. The van der Waals surface area contributed by atoms with Crippen molar-refractivity contribution in [1.82, 2.24) is 10.0 Å². The number of nitrogens with one attached hydrogen (secondary N) is 2. The van der Waals surface area contributed by atoms with Crippen LogP contribution in [0.5, 0.6) is 0 Å². The van der Waals surface area contributed by atoms with Gasteiger partial charge in [0.25, 0.3) is 10.0 Å². The zero-order chi connectivity index (χ0) is 13.9. The fraction of sp³-hybridized carbons (Fsp3) is 0.667. The molecule has 2 heterocycles. The van der Waals surface area contributed by atoms with Crippen molar-refractivity contribution >= 4 is 21.4 Å². The Kier molecular flexibility index (Phi) is 4.62. The molecule has 1 saturated heterocycles. The highest BCUT2D eigenvalue weighted by Gasteiger charge is 2.33. The molecular formula is C12H20N2O3S2. The highest BCUT2D eigenvalue weighted by Crippen LogP contribution is 2.25. The first-order valence-electron chi connectivity index (χ1n) is 6.29. The lowest BCUT2D eigenvalue weighted by molar-refractivity contribution is 0.0387. The molecule has 0 radical (unpaired) electrons. The lowest BCUT2D eigenvalue weighted by Crippen LogP contribution is -2.51. The van der Waals surface area contributed by atoms with Crippen LogP contribution in [-0.4, -0.2) is 34.2 Å². The van der Waals surface area contributed by atoms with Crippen molar-refractivity contribution in [3.8, 4) is 0 Å². The number of thiophene rings is 1. The van der Waals surface area contributed by atoms with Crippen LogP contribution in [0, 0.1) is 0 Å². The molecule has 1 atom stereocenters. The summed E-state index contributed by atoms with van der Waals surface area (Å²) in [6.07, 6.45) is 1.69. The molecule has 19 heavy (non-hydrogen) atoms. The van der Waals surface area contributed by atoms with Crippen molar-refractivity contribution in [2.75, 3.05) is 20.3 Å². The van der Waals surface area contributed by atoms with Crippen LogP contribution < -0.4 is 10.0 Å². The third kappa shape index (κ3) is 3.76. The van der Waals surface area contributed by atoms with Crippen LogP contribution >= 0.6 is 11.3 Å². The van der Waals surface area contributed by atoms with Gasteiger partial charge in [-0.25, -0.2) is 13.1 Å². The normalized spacial score (nSPS) is 24.5. The van der Waals surface area contributed by atoms with Crippen LogP contribution in [0.4, 0.5) is 0 Å². The van der Waals surface area contributed by atoms with Gasteiger partial charge in [0.2, 0.25) is 0 Å². The van der Waals surface area contributed by atoms with Crippen LogP contribution in [0.1, 0.15) is 25.3 Å². The smallest absolute Gasteiger partial charge is 0.250 e. The van der Waals surface area contributed by atoms with Gasteiger partial charge in [-0.1, -0.05) is 0 Å². The molecule has 0 aliphatic carbocycles. The number of rotatable bonds is 5. The van der Waals surface area contributed by atoms with Crippen molar-refractivity contribution in [2.24, 2.45) is 0 Å². The fourth-order valence-electron chi connectivity index (χ4n) is 2.18. The van der Waals surface area contributed by atoms with Crippen LogP contribution in [0.25, 0.3) is 0 Å². The molecule has 2 rings (SSSR count). The van der Waals surface area contributed by atoms with Crippen molar-refractivity contribution < 1.29 is 13.2 Å². The van der Waals surface area contributed by atoms with Gasteiger partial charge in [0.05, 0.1) is 12.1 Å². The van der Waals surface area contributed by atoms with E-state index in [9.17, 15) is 8.42 Å². The topological polar surface area (TPSA) is 67.4 Å². The highest BCUT2D eigenvalue weighted by atomic mass is 32.2. The molecule has 0 saturated carbocycles. The second kappa shape index (κ2) is 5.88. The Morgan fingerprint density at radius 1 is 1.53 bits per heavy atom. The van der Waals surface area contributed by atoms with E-state index in [-0.39, 0.29) is 0 Å². The van der Waals surface area contributed by atoms with Crippen molar-refractivity contribution in [1.29, 1.82) is 0 Å². The van der Waals surface area contributed by atoms with Gasteiger partial charge in [-0.2, -0.15) is 0 Å². The molecule has 1 aromatic rings. The van der Waals surface area contributed by atoms with Gasteiger partial charge in [0.15, 0.2) is 0 Å². The predicted molar refractivity (Wildman–Crippen MR) is 75.9 cm³/mol. The Labute approximate surface area is 118 Å². The summed E-state index contributed by atoms with van der Waals surface area (Å²) in [5.41, 5.74) is 0.488. The minimum atomic E-state index is -3.46. The molecular weight excluding hydrogens is 284 g/mol. The summed E-state index contributed by atoms with van der Waals surface area (Å²) >= 11 is 1.25. The Bertz CT molecular complexity index is 519. The standard InChI is InChI=1S/C12H20N2O3S2/c1-12(4-3-5-17-9-12)14-19(15,16)11-6-10(7-13-2)8-18-11/h6,8,13-14H,3-5,7,9H2,1-2H3. The van der Waals surface area contributed by atoms with Crippen LogP contribution in [0.2, 0.25) is 0 Å². The van der Waals surface area contributed by atoms with Gasteiger partial charge in [-0.15, -0.1) is 11.3 Å². The second-order valence-corrected chi connectivity index (χ2v) is 7.95. The van der Waals surface area contributed by atoms with E-state index in [0.29, 0.717) is 24.0 Å². The van der Waals surface area contributed by atoms with E-state index in [4.69, 9.17) is 4.74 Å². The van der Waals surface area contributed by atoms with Gasteiger partial charge in [0, 0.05) is 13.2 Å². The predicted octanol–water partition coefficient (Wildman–Crippen LogP) is 1.31. The second-order valence-electron chi connectivity index (χ2n) is 5.13. The molecule has 1 aliphatic heterocycles. The van der Waals surface area contributed by atoms with E-state index in [2.05, 4.69) is 10.0 Å². The molecule has 5 nitrogen and oxygen atoms in total. The summed E-state index contributed by atoms with van der Waals surface area (Å²) in [7, 11) is -1.62. The first kappa shape index (κ1) is 14.9. The molecule has 1 aliphatic rings. The van der Waals surface area contributed by atoms with Gasteiger partial charge >= 0.3 is 0 Å². The highest BCUT2D eigenvalue weighted by molar-refractivity contribution is 7.91. The van der Waals surface area contributed by atoms with Crippen LogP contribution in [0.3, 0.4) is 0 Å². The lowest BCUT2D eigenvalue weighted by atomic mass is 9.97. The van der Waals surface area contributed by atoms with Crippen LogP contribution in [0.15, 0.2) is 15.7 Å². The molecule has 1 unspecified atom stereocenters. The Balaban J connectivity index is 2.12. The molecule has 7 heteroatoms. The summed E-state index contributed by atoms with van der Waals surface area (Å²) in [5.74, 6) is 0. The molecule has 0 bridgehead atoms. The molecule has 108 valence electrons. The van der Waals surface area contributed by atoms with Gasteiger partial charge < -0.3 is 10.1 Å². The van der Waals surface area contributed by atoms with E-state index < -0.39 is 15.6 Å². The third-order valence-corrected chi connectivity index (χ3v) is 6.22. The fourth-order valence-corrected chi connectivity index (χ4v) is 4.81. The van der Waals surface area contributed by atoms with Crippen molar-refractivity contribution in [2.45, 2.75) is 36.1 Å². The summed E-state index contributed by atoms with van der Waals surface area (Å²) < 4.78 is 33.2. The number of sulfonamides is 1. The number of ether oxygens (including phenoxy) is 1. The molecule has 0 spiro atoms. The van der Waals surface area contributed by atoms with E-state index in [1.807, 2.05) is 19.4 Å². The number of hydrogen-bond acceptors (Lipinski definition) is 5. The zero-order valence-electron chi connectivity index (χ0n) is 11.2. The van der Waals surface area contributed by atoms with Gasteiger partial charge in [-0.3, -0.25) is 0 Å². The maximum Gasteiger partial charge on any atom is 0.250 e. The average molecular weight is 304 g/mol. The monoisotopic (exact) mass is 304 g/mol. The van der Waals surface area contributed by atoms with E-state index in [0.717, 1.165) is 18.4 Å². The minimum absolute atomic E-state index is 0.365. The van der Waals surface area contributed by atoms with Crippen molar-refractivity contribution in [3.63, 3.8) is 0 Å². The van der Waals surface area contributed by atoms with Crippen molar-refractivity contribution in [3.05, 3.63) is 17.0 Å². The quantitative estimate of drug-likeness (QED) is 0.861. The number of hydrogen-bond donors (Lipinski definition) is 2. The van der Waals surface area contributed by atoms with E-state index in [1.165, 1.54) is 11.3 Å². The zero-order valence-corrected chi connectivity index (χ0v) is 12.9. The molecule has 0 amide bonds. The summed E-state index contributed by atoms with van der Waals surface area (Å²) in [6, 6.07) is 1.72. The largest absolute Gasteiger partial charge is 0.380 e. The van der Waals surface area contributed by atoms with Gasteiger partial charge in [-0.05, 0) is 43.8 Å². The minimum Gasteiger partial charge on any atom is -0.380 e.